The number of hydrogen-bond donors (Lipinski definition) is 2. The maximum absolute atomic E-state index is 12.2. The van der Waals surface area contributed by atoms with Crippen molar-refractivity contribution in [3.63, 3.8) is 0 Å². The zero-order valence-corrected chi connectivity index (χ0v) is 12.5. The lowest BCUT2D eigenvalue weighted by Crippen LogP contribution is -2.49. The highest BCUT2D eigenvalue weighted by Gasteiger charge is 2.31. The van der Waals surface area contributed by atoms with Crippen molar-refractivity contribution in [2.45, 2.75) is 38.6 Å². The van der Waals surface area contributed by atoms with Crippen LogP contribution in [-0.2, 0) is 14.3 Å². The van der Waals surface area contributed by atoms with Gasteiger partial charge in [-0.3, -0.25) is 4.79 Å². The molecule has 0 amide bonds. The summed E-state index contributed by atoms with van der Waals surface area (Å²) in [5.41, 5.74) is 0. The standard InChI is InChI=1S/C15H28N2O3/c1-2-20-15(18)14(13-4-3-9-19-11-13)17-10-12-5-7-16-8-6-12/h12-14,16-17H,2-11H2,1H3. The smallest absolute Gasteiger partial charge is 0.323 e. The molecule has 2 unspecified atom stereocenters. The van der Waals surface area contributed by atoms with E-state index in [1.54, 1.807) is 0 Å². The second kappa shape index (κ2) is 8.60. The number of carbonyl (C=O) groups is 1. The first kappa shape index (κ1) is 15.7. The molecule has 0 aromatic rings. The van der Waals surface area contributed by atoms with Crippen molar-refractivity contribution >= 4 is 5.97 Å². The normalized spacial score (nSPS) is 26.1. The largest absolute Gasteiger partial charge is 0.465 e. The van der Waals surface area contributed by atoms with Gasteiger partial charge in [-0.25, -0.2) is 0 Å². The maximum atomic E-state index is 12.2. The molecule has 2 rings (SSSR count). The van der Waals surface area contributed by atoms with Gasteiger partial charge in [0.05, 0.1) is 13.2 Å². The van der Waals surface area contributed by atoms with Crippen LogP contribution in [0.5, 0.6) is 0 Å². The predicted octanol–water partition coefficient (Wildman–Crippen LogP) is 0.934. The molecule has 0 radical (unpaired) electrons. The molecule has 2 aliphatic rings. The second-order valence-electron chi connectivity index (χ2n) is 5.81. The SMILES string of the molecule is CCOC(=O)C(NCC1CCNCC1)C1CCCOC1. The molecule has 2 heterocycles. The number of esters is 1. The summed E-state index contributed by atoms with van der Waals surface area (Å²) in [7, 11) is 0. The molecule has 0 aromatic heterocycles. The van der Waals surface area contributed by atoms with Crippen LogP contribution in [0.2, 0.25) is 0 Å². The zero-order valence-electron chi connectivity index (χ0n) is 12.5. The molecule has 2 saturated heterocycles. The summed E-state index contributed by atoms with van der Waals surface area (Å²) in [6.45, 7) is 6.87. The molecule has 0 saturated carbocycles. The lowest BCUT2D eigenvalue weighted by molar-refractivity contribution is -0.148. The molecular formula is C15H28N2O3. The summed E-state index contributed by atoms with van der Waals surface area (Å²) < 4.78 is 10.8. The first-order chi connectivity index (χ1) is 9.81. The van der Waals surface area contributed by atoms with Gasteiger partial charge < -0.3 is 20.1 Å². The highest BCUT2D eigenvalue weighted by atomic mass is 16.5. The van der Waals surface area contributed by atoms with E-state index >= 15 is 0 Å². The minimum atomic E-state index is -0.204. The Kier molecular flexibility index (Phi) is 6.76. The molecule has 2 aliphatic heterocycles. The van der Waals surface area contributed by atoms with Crippen molar-refractivity contribution in [2.24, 2.45) is 11.8 Å². The maximum Gasteiger partial charge on any atom is 0.323 e. The minimum Gasteiger partial charge on any atom is -0.465 e. The summed E-state index contributed by atoms with van der Waals surface area (Å²) in [4.78, 5) is 12.2. The van der Waals surface area contributed by atoms with E-state index in [1.807, 2.05) is 6.92 Å². The third-order valence-corrected chi connectivity index (χ3v) is 4.29. The molecule has 5 nitrogen and oxygen atoms in total. The summed E-state index contributed by atoms with van der Waals surface area (Å²) >= 11 is 0. The molecule has 2 fully saturated rings. The van der Waals surface area contributed by atoms with Gasteiger partial charge >= 0.3 is 5.97 Å². The number of piperidine rings is 1. The van der Waals surface area contributed by atoms with Crippen molar-refractivity contribution in [1.29, 1.82) is 0 Å². The zero-order chi connectivity index (χ0) is 14.2. The Hall–Kier alpha value is -0.650. The lowest BCUT2D eigenvalue weighted by Gasteiger charge is -2.31. The molecule has 0 bridgehead atoms. The average Bonchev–Trinajstić information content (AvgIpc) is 2.50. The highest BCUT2D eigenvalue weighted by molar-refractivity contribution is 5.76. The molecule has 2 N–H and O–H groups in total. The molecule has 0 aromatic carbocycles. The Bertz CT molecular complexity index is 287. The van der Waals surface area contributed by atoms with Gasteiger partial charge in [-0.2, -0.15) is 0 Å². The number of carbonyl (C=O) groups excluding carboxylic acids is 1. The summed E-state index contributed by atoms with van der Waals surface area (Å²) in [6, 6.07) is -0.204. The summed E-state index contributed by atoms with van der Waals surface area (Å²) in [5.74, 6) is 0.805. The third kappa shape index (κ3) is 4.72. The Morgan fingerprint density at radius 2 is 2.20 bits per heavy atom. The number of hydrogen-bond acceptors (Lipinski definition) is 5. The molecule has 0 aliphatic carbocycles. The van der Waals surface area contributed by atoms with E-state index in [0.29, 0.717) is 19.1 Å². The molecule has 5 heteroatoms. The van der Waals surface area contributed by atoms with Crippen LogP contribution in [0.3, 0.4) is 0 Å². The van der Waals surface area contributed by atoms with Crippen LogP contribution in [0, 0.1) is 11.8 Å². The first-order valence-corrected chi connectivity index (χ1v) is 7.99. The second-order valence-corrected chi connectivity index (χ2v) is 5.81. The fraction of sp³-hybridized carbons (Fsp3) is 0.933. The Labute approximate surface area is 121 Å². The van der Waals surface area contributed by atoms with E-state index in [-0.39, 0.29) is 17.9 Å². The number of ether oxygens (including phenoxy) is 2. The van der Waals surface area contributed by atoms with E-state index < -0.39 is 0 Å². The molecule has 20 heavy (non-hydrogen) atoms. The van der Waals surface area contributed by atoms with Crippen LogP contribution in [0.25, 0.3) is 0 Å². The van der Waals surface area contributed by atoms with Gasteiger partial charge in [-0.05, 0) is 58.2 Å². The van der Waals surface area contributed by atoms with Crippen LogP contribution in [0.4, 0.5) is 0 Å². The number of rotatable bonds is 6. The van der Waals surface area contributed by atoms with Crippen LogP contribution in [-0.4, -0.2) is 51.5 Å². The molecular weight excluding hydrogens is 256 g/mol. The van der Waals surface area contributed by atoms with Crippen molar-refractivity contribution in [1.82, 2.24) is 10.6 Å². The average molecular weight is 284 g/mol. The molecule has 2 atom stereocenters. The Morgan fingerprint density at radius 1 is 1.40 bits per heavy atom. The van der Waals surface area contributed by atoms with Crippen molar-refractivity contribution in [3.8, 4) is 0 Å². The van der Waals surface area contributed by atoms with Crippen LogP contribution >= 0.6 is 0 Å². The quantitative estimate of drug-likeness (QED) is 0.711. The van der Waals surface area contributed by atoms with Gasteiger partial charge in [0.1, 0.15) is 6.04 Å². The minimum absolute atomic E-state index is 0.114. The fourth-order valence-electron chi connectivity index (χ4n) is 3.08. The van der Waals surface area contributed by atoms with Gasteiger partial charge in [0.15, 0.2) is 0 Å². The van der Waals surface area contributed by atoms with E-state index in [9.17, 15) is 4.79 Å². The van der Waals surface area contributed by atoms with Crippen LogP contribution < -0.4 is 10.6 Å². The topological polar surface area (TPSA) is 59.6 Å². The van der Waals surface area contributed by atoms with E-state index in [0.717, 1.165) is 39.1 Å². The third-order valence-electron chi connectivity index (χ3n) is 4.29. The lowest BCUT2D eigenvalue weighted by atomic mass is 9.92. The summed E-state index contributed by atoms with van der Waals surface area (Å²) in [6.07, 6.45) is 4.45. The van der Waals surface area contributed by atoms with Gasteiger partial charge in [-0.15, -0.1) is 0 Å². The highest BCUT2D eigenvalue weighted by Crippen LogP contribution is 2.19. The van der Waals surface area contributed by atoms with Gasteiger partial charge in [0, 0.05) is 12.5 Å². The van der Waals surface area contributed by atoms with Crippen LogP contribution in [0.15, 0.2) is 0 Å². The monoisotopic (exact) mass is 284 g/mol. The van der Waals surface area contributed by atoms with Crippen molar-refractivity contribution in [3.05, 3.63) is 0 Å². The van der Waals surface area contributed by atoms with E-state index in [1.165, 1.54) is 12.8 Å². The Morgan fingerprint density at radius 3 is 2.85 bits per heavy atom. The van der Waals surface area contributed by atoms with Crippen molar-refractivity contribution < 1.29 is 14.3 Å². The Balaban J connectivity index is 1.85. The fourth-order valence-corrected chi connectivity index (χ4v) is 3.08. The van der Waals surface area contributed by atoms with E-state index in [2.05, 4.69) is 10.6 Å². The number of nitrogens with one attached hydrogen (secondary N) is 2. The first-order valence-electron chi connectivity index (χ1n) is 7.99. The van der Waals surface area contributed by atoms with Gasteiger partial charge in [0.25, 0.3) is 0 Å². The molecule has 0 spiro atoms. The van der Waals surface area contributed by atoms with Crippen LogP contribution in [0.1, 0.15) is 32.6 Å². The van der Waals surface area contributed by atoms with Gasteiger partial charge in [-0.1, -0.05) is 0 Å². The van der Waals surface area contributed by atoms with Crippen molar-refractivity contribution in [2.75, 3.05) is 39.5 Å². The van der Waals surface area contributed by atoms with E-state index in [4.69, 9.17) is 9.47 Å². The molecule has 116 valence electrons. The summed E-state index contributed by atoms with van der Waals surface area (Å²) in [5, 5.41) is 6.83. The predicted molar refractivity (Wildman–Crippen MR) is 77.6 cm³/mol. The van der Waals surface area contributed by atoms with Gasteiger partial charge in [0.2, 0.25) is 0 Å².